The topological polar surface area (TPSA) is 30.9 Å². The average Bonchev–Trinajstić information content (AvgIpc) is 3.03. The van der Waals surface area contributed by atoms with E-state index in [1.54, 1.807) is 7.05 Å². The summed E-state index contributed by atoms with van der Waals surface area (Å²) in [5.74, 6) is 1.27. The van der Waals surface area contributed by atoms with E-state index in [1.165, 1.54) is 38.1 Å². The summed E-state index contributed by atoms with van der Waals surface area (Å²) in [5.41, 5.74) is 1.07. The molecule has 128 valence electrons. The summed E-state index contributed by atoms with van der Waals surface area (Å²) in [4.78, 5) is 8.95. The van der Waals surface area contributed by atoms with Gasteiger partial charge in [-0.05, 0) is 49.5 Å². The Hall–Kier alpha value is -1.62. The average molecular weight is 320 g/mol. The van der Waals surface area contributed by atoms with Gasteiger partial charge in [0.05, 0.1) is 0 Å². The minimum absolute atomic E-state index is 0.199. The van der Waals surface area contributed by atoms with Crippen molar-refractivity contribution in [1.82, 2.24) is 15.1 Å². The Labute approximate surface area is 139 Å². The van der Waals surface area contributed by atoms with Gasteiger partial charge in [-0.1, -0.05) is 19.1 Å². The van der Waals surface area contributed by atoms with Crippen LogP contribution in [0.25, 0.3) is 0 Å². The number of halogens is 1. The van der Waals surface area contributed by atoms with Crippen LogP contribution in [0.3, 0.4) is 0 Å². The van der Waals surface area contributed by atoms with Crippen molar-refractivity contribution in [3.63, 3.8) is 0 Å². The Balaban J connectivity index is 1.78. The van der Waals surface area contributed by atoms with Gasteiger partial charge in [0.15, 0.2) is 5.96 Å². The lowest BCUT2D eigenvalue weighted by Gasteiger charge is -2.25. The van der Waals surface area contributed by atoms with E-state index in [1.807, 2.05) is 19.2 Å². The van der Waals surface area contributed by atoms with Crippen LogP contribution in [0.1, 0.15) is 25.3 Å². The normalized spacial score (nSPS) is 17.3. The molecule has 1 fully saturated rings. The van der Waals surface area contributed by atoms with E-state index in [2.05, 4.69) is 27.0 Å². The molecule has 1 saturated heterocycles. The quantitative estimate of drug-likeness (QED) is 0.645. The second-order valence-corrected chi connectivity index (χ2v) is 6.52. The molecule has 5 heteroatoms. The van der Waals surface area contributed by atoms with Crippen LogP contribution in [0.5, 0.6) is 0 Å². The summed E-state index contributed by atoms with van der Waals surface area (Å²) in [6, 6.07) is 6.62. The molecule has 0 aromatic heterocycles. The maximum Gasteiger partial charge on any atom is 0.193 e. The molecular formula is C18H29FN4. The minimum Gasteiger partial charge on any atom is -0.356 e. The molecule has 23 heavy (non-hydrogen) atoms. The predicted molar refractivity (Wildman–Crippen MR) is 94.1 cm³/mol. The first-order valence-electron chi connectivity index (χ1n) is 8.47. The van der Waals surface area contributed by atoms with Crippen molar-refractivity contribution in [3.05, 3.63) is 35.6 Å². The van der Waals surface area contributed by atoms with Crippen LogP contribution in [-0.4, -0.2) is 56.0 Å². The molecule has 0 aliphatic carbocycles. The molecule has 1 heterocycles. The van der Waals surface area contributed by atoms with E-state index in [4.69, 9.17) is 0 Å². The highest BCUT2D eigenvalue weighted by Crippen LogP contribution is 2.10. The molecule has 1 N–H and O–H groups in total. The SMILES string of the molecule is CN=C(NCC(C)CN1CCCC1)N(C)Cc1ccc(F)cc1. The second kappa shape index (κ2) is 8.87. The molecule has 1 aliphatic rings. The van der Waals surface area contributed by atoms with Crippen molar-refractivity contribution in [2.45, 2.75) is 26.3 Å². The molecule has 0 spiro atoms. The van der Waals surface area contributed by atoms with Gasteiger partial charge in [0.25, 0.3) is 0 Å². The van der Waals surface area contributed by atoms with Gasteiger partial charge in [0.2, 0.25) is 0 Å². The zero-order valence-corrected chi connectivity index (χ0v) is 14.6. The van der Waals surface area contributed by atoms with Crippen LogP contribution in [0.2, 0.25) is 0 Å². The first-order chi connectivity index (χ1) is 11.1. The molecule has 1 aliphatic heterocycles. The van der Waals surface area contributed by atoms with Gasteiger partial charge in [-0.3, -0.25) is 4.99 Å². The predicted octanol–water partition coefficient (Wildman–Crippen LogP) is 2.56. The molecule has 0 amide bonds. The number of hydrogen-bond acceptors (Lipinski definition) is 2. The molecular weight excluding hydrogens is 291 g/mol. The third-order valence-electron chi connectivity index (χ3n) is 4.28. The van der Waals surface area contributed by atoms with Crippen LogP contribution >= 0.6 is 0 Å². The maximum absolute atomic E-state index is 13.0. The standard InChI is InChI=1S/C18H29FN4/c1-15(13-23-10-4-5-11-23)12-21-18(20-2)22(3)14-16-6-8-17(19)9-7-16/h6-9,15H,4-5,10-14H2,1-3H3,(H,20,21). The molecule has 4 nitrogen and oxygen atoms in total. The first kappa shape index (κ1) is 17.7. The second-order valence-electron chi connectivity index (χ2n) is 6.52. The molecule has 1 atom stereocenters. The van der Waals surface area contributed by atoms with Crippen molar-refractivity contribution in [1.29, 1.82) is 0 Å². The van der Waals surface area contributed by atoms with Crippen LogP contribution in [-0.2, 0) is 6.54 Å². The first-order valence-corrected chi connectivity index (χ1v) is 8.47. The van der Waals surface area contributed by atoms with Crippen LogP contribution in [0, 0.1) is 11.7 Å². The third-order valence-corrected chi connectivity index (χ3v) is 4.28. The smallest absolute Gasteiger partial charge is 0.193 e. The van der Waals surface area contributed by atoms with Gasteiger partial charge in [-0.2, -0.15) is 0 Å². The van der Waals surface area contributed by atoms with Gasteiger partial charge in [0, 0.05) is 33.7 Å². The van der Waals surface area contributed by atoms with E-state index in [9.17, 15) is 4.39 Å². The van der Waals surface area contributed by atoms with Crippen molar-refractivity contribution >= 4 is 5.96 Å². The molecule has 2 rings (SSSR count). The summed E-state index contributed by atoms with van der Waals surface area (Å²) in [6.45, 7) is 7.52. The Bertz CT molecular complexity index is 494. The van der Waals surface area contributed by atoms with E-state index in [0.717, 1.165) is 24.6 Å². The third kappa shape index (κ3) is 5.82. The molecule has 0 radical (unpaired) electrons. The largest absolute Gasteiger partial charge is 0.356 e. The van der Waals surface area contributed by atoms with E-state index in [0.29, 0.717) is 12.5 Å². The van der Waals surface area contributed by atoms with Crippen LogP contribution in [0.4, 0.5) is 4.39 Å². The summed E-state index contributed by atoms with van der Waals surface area (Å²) in [6.07, 6.45) is 2.67. The maximum atomic E-state index is 13.0. The van der Waals surface area contributed by atoms with E-state index >= 15 is 0 Å². The lowest BCUT2D eigenvalue weighted by atomic mass is 10.1. The van der Waals surface area contributed by atoms with Crippen LogP contribution < -0.4 is 5.32 Å². The van der Waals surface area contributed by atoms with Gasteiger partial charge in [-0.25, -0.2) is 4.39 Å². The van der Waals surface area contributed by atoms with Gasteiger partial charge >= 0.3 is 0 Å². The Morgan fingerprint density at radius 2 is 1.96 bits per heavy atom. The Morgan fingerprint density at radius 3 is 2.57 bits per heavy atom. The monoisotopic (exact) mass is 320 g/mol. The minimum atomic E-state index is -0.199. The van der Waals surface area contributed by atoms with Gasteiger partial charge in [-0.15, -0.1) is 0 Å². The summed E-state index contributed by atoms with van der Waals surface area (Å²) in [7, 11) is 3.80. The molecule has 1 unspecified atom stereocenters. The lowest BCUT2D eigenvalue weighted by molar-refractivity contribution is 0.286. The van der Waals surface area contributed by atoms with Crippen molar-refractivity contribution in [2.24, 2.45) is 10.9 Å². The highest BCUT2D eigenvalue weighted by Gasteiger charge is 2.15. The Kier molecular flexibility index (Phi) is 6.84. The number of guanidine groups is 1. The summed E-state index contributed by atoms with van der Waals surface area (Å²) in [5, 5.41) is 3.45. The Morgan fingerprint density at radius 1 is 1.30 bits per heavy atom. The molecule has 1 aromatic carbocycles. The molecule has 1 aromatic rings. The number of rotatable bonds is 6. The van der Waals surface area contributed by atoms with Gasteiger partial charge < -0.3 is 15.1 Å². The number of likely N-dealkylation sites (tertiary alicyclic amines) is 1. The number of nitrogens with zero attached hydrogens (tertiary/aromatic N) is 3. The fourth-order valence-corrected chi connectivity index (χ4v) is 3.06. The number of aliphatic imine (C=N–C) groups is 1. The lowest BCUT2D eigenvalue weighted by Crippen LogP contribution is -2.42. The van der Waals surface area contributed by atoms with Gasteiger partial charge in [0.1, 0.15) is 5.82 Å². The highest BCUT2D eigenvalue weighted by atomic mass is 19.1. The fourth-order valence-electron chi connectivity index (χ4n) is 3.06. The molecule has 0 bridgehead atoms. The number of nitrogens with one attached hydrogen (secondary N) is 1. The fraction of sp³-hybridized carbons (Fsp3) is 0.611. The van der Waals surface area contributed by atoms with Crippen molar-refractivity contribution in [2.75, 3.05) is 40.3 Å². The van der Waals surface area contributed by atoms with E-state index in [-0.39, 0.29) is 5.82 Å². The van der Waals surface area contributed by atoms with E-state index < -0.39 is 0 Å². The van der Waals surface area contributed by atoms with Crippen molar-refractivity contribution in [3.8, 4) is 0 Å². The van der Waals surface area contributed by atoms with Crippen LogP contribution in [0.15, 0.2) is 29.3 Å². The highest BCUT2D eigenvalue weighted by molar-refractivity contribution is 5.79. The summed E-state index contributed by atoms with van der Waals surface area (Å²) < 4.78 is 13.0. The zero-order valence-electron chi connectivity index (χ0n) is 14.6. The number of hydrogen-bond donors (Lipinski definition) is 1. The molecule has 0 saturated carbocycles. The zero-order chi connectivity index (χ0) is 16.7. The summed E-state index contributed by atoms with van der Waals surface area (Å²) >= 11 is 0. The number of benzene rings is 1. The van der Waals surface area contributed by atoms with Crippen molar-refractivity contribution < 1.29 is 4.39 Å².